The molecule has 7 heteroatoms. The third-order valence-electron chi connectivity index (χ3n) is 3.81. The van der Waals surface area contributed by atoms with Gasteiger partial charge in [-0.3, -0.25) is 14.4 Å². The van der Waals surface area contributed by atoms with Crippen LogP contribution in [0.1, 0.15) is 19.4 Å². The molecule has 0 aliphatic carbocycles. The average molecular weight is 388 g/mol. The maximum Gasteiger partial charge on any atom is 0.243 e. The van der Waals surface area contributed by atoms with Gasteiger partial charge in [0.15, 0.2) is 0 Å². The Morgan fingerprint density at radius 1 is 0.963 bits per heavy atom. The fourth-order valence-corrected chi connectivity index (χ4v) is 2.77. The second-order valence-corrected chi connectivity index (χ2v) is 6.57. The monoisotopic (exact) mass is 387 g/mol. The summed E-state index contributed by atoms with van der Waals surface area (Å²) in [5.74, 6) is -0.683. The Kier molecular flexibility index (Phi) is 7.37. The van der Waals surface area contributed by atoms with Gasteiger partial charge in [0.1, 0.15) is 0 Å². The fourth-order valence-electron chi connectivity index (χ4n) is 2.56. The molecule has 0 aliphatic rings. The summed E-state index contributed by atoms with van der Waals surface area (Å²) in [4.78, 5) is 36.8. The zero-order chi connectivity index (χ0) is 19.8. The van der Waals surface area contributed by atoms with Crippen molar-refractivity contribution in [2.75, 3.05) is 23.7 Å². The number of hydrogen-bond acceptors (Lipinski definition) is 3. The standard InChI is InChI=1S/C20H22ClN3O3/c1-14(25)22-18-7-4-8-19(12-18)23-20(27)13-24(15(2)26)10-9-16-5-3-6-17(21)11-16/h3-8,11-12H,9-10,13H2,1-2H3,(H,22,25)(H,23,27). The Labute approximate surface area is 163 Å². The maximum atomic E-state index is 12.3. The van der Waals surface area contributed by atoms with E-state index in [4.69, 9.17) is 11.6 Å². The maximum absolute atomic E-state index is 12.3. The molecule has 27 heavy (non-hydrogen) atoms. The van der Waals surface area contributed by atoms with E-state index in [0.29, 0.717) is 29.4 Å². The van der Waals surface area contributed by atoms with Crippen LogP contribution in [-0.4, -0.2) is 35.7 Å². The number of rotatable bonds is 7. The van der Waals surface area contributed by atoms with Crippen LogP contribution in [0.2, 0.25) is 5.02 Å². The van der Waals surface area contributed by atoms with Crippen LogP contribution in [0.5, 0.6) is 0 Å². The smallest absolute Gasteiger partial charge is 0.243 e. The highest BCUT2D eigenvalue weighted by Gasteiger charge is 2.14. The number of carbonyl (C=O) groups excluding carboxylic acids is 3. The van der Waals surface area contributed by atoms with Gasteiger partial charge in [0.2, 0.25) is 17.7 Å². The zero-order valence-corrected chi connectivity index (χ0v) is 16.0. The number of anilines is 2. The molecule has 0 spiro atoms. The van der Waals surface area contributed by atoms with Crippen molar-refractivity contribution in [3.63, 3.8) is 0 Å². The van der Waals surface area contributed by atoms with Gasteiger partial charge in [-0.2, -0.15) is 0 Å². The van der Waals surface area contributed by atoms with Gasteiger partial charge in [-0.05, 0) is 42.3 Å². The van der Waals surface area contributed by atoms with Crippen molar-refractivity contribution >= 4 is 40.7 Å². The summed E-state index contributed by atoms with van der Waals surface area (Å²) in [6.07, 6.45) is 0.603. The number of benzene rings is 2. The molecule has 0 aromatic heterocycles. The van der Waals surface area contributed by atoms with Crippen molar-refractivity contribution in [3.8, 4) is 0 Å². The van der Waals surface area contributed by atoms with E-state index in [1.54, 1.807) is 30.3 Å². The minimum atomic E-state index is -0.309. The van der Waals surface area contributed by atoms with E-state index < -0.39 is 0 Å². The summed E-state index contributed by atoms with van der Waals surface area (Å²) in [6, 6.07) is 14.2. The third kappa shape index (κ3) is 7.11. The zero-order valence-electron chi connectivity index (χ0n) is 15.3. The second-order valence-electron chi connectivity index (χ2n) is 6.13. The molecule has 2 aromatic rings. The topological polar surface area (TPSA) is 78.5 Å². The number of carbonyl (C=O) groups is 3. The van der Waals surface area contributed by atoms with Gasteiger partial charge in [0, 0.05) is 36.8 Å². The Morgan fingerprint density at radius 2 is 1.63 bits per heavy atom. The summed E-state index contributed by atoms with van der Waals surface area (Å²) in [5, 5.41) is 6.04. The van der Waals surface area contributed by atoms with E-state index >= 15 is 0 Å². The molecule has 0 unspecified atom stereocenters. The Balaban J connectivity index is 1.94. The van der Waals surface area contributed by atoms with Crippen molar-refractivity contribution in [2.24, 2.45) is 0 Å². The van der Waals surface area contributed by atoms with E-state index in [9.17, 15) is 14.4 Å². The summed E-state index contributed by atoms with van der Waals surface area (Å²) in [5.41, 5.74) is 2.13. The van der Waals surface area contributed by atoms with Crippen LogP contribution in [0.25, 0.3) is 0 Å². The molecular formula is C20H22ClN3O3. The fraction of sp³-hybridized carbons (Fsp3) is 0.250. The molecule has 3 amide bonds. The predicted molar refractivity (Wildman–Crippen MR) is 107 cm³/mol. The highest BCUT2D eigenvalue weighted by atomic mass is 35.5. The van der Waals surface area contributed by atoms with Crippen molar-refractivity contribution in [1.82, 2.24) is 4.90 Å². The van der Waals surface area contributed by atoms with Gasteiger partial charge >= 0.3 is 0 Å². The first-order valence-corrected chi connectivity index (χ1v) is 8.89. The van der Waals surface area contributed by atoms with Crippen molar-refractivity contribution < 1.29 is 14.4 Å². The lowest BCUT2D eigenvalue weighted by Crippen LogP contribution is -2.38. The van der Waals surface area contributed by atoms with Crippen LogP contribution in [0.3, 0.4) is 0 Å². The molecule has 0 atom stereocenters. The Morgan fingerprint density at radius 3 is 2.26 bits per heavy atom. The molecule has 0 saturated carbocycles. The number of amides is 3. The molecule has 2 N–H and O–H groups in total. The van der Waals surface area contributed by atoms with Gasteiger partial charge in [-0.15, -0.1) is 0 Å². The van der Waals surface area contributed by atoms with Crippen LogP contribution in [-0.2, 0) is 20.8 Å². The molecular weight excluding hydrogens is 366 g/mol. The van der Waals surface area contributed by atoms with Gasteiger partial charge in [-0.25, -0.2) is 0 Å². The van der Waals surface area contributed by atoms with Crippen LogP contribution in [0.15, 0.2) is 48.5 Å². The molecule has 0 saturated heterocycles. The first-order valence-electron chi connectivity index (χ1n) is 8.51. The molecule has 0 radical (unpaired) electrons. The van der Waals surface area contributed by atoms with Crippen LogP contribution < -0.4 is 10.6 Å². The average Bonchev–Trinajstić information content (AvgIpc) is 2.58. The van der Waals surface area contributed by atoms with Crippen LogP contribution >= 0.6 is 11.6 Å². The minimum Gasteiger partial charge on any atom is -0.333 e. The van der Waals surface area contributed by atoms with Crippen LogP contribution in [0, 0.1) is 0 Å². The Hall–Kier alpha value is -2.86. The first kappa shape index (κ1) is 20.5. The van der Waals surface area contributed by atoms with Gasteiger partial charge in [0.05, 0.1) is 6.54 Å². The minimum absolute atomic E-state index is 0.0553. The third-order valence-corrected chi connectivity index (χ3v) is 4.04. The second kappa shape index (κ2) is 9.73. The highest BCUT2D eigenvalue weighted by molar-refractivity contribution is 6.30. The van der Waals surface area contributed by atoms with E-state index in [-0.39, 0.29) is 24.3 Å². The largest absolute Gasteiger partial charge is 0.333 e. The molecule has 0 heterocycles. The summed E-state index contributed by atoms with van der Waals surface area (Å²) in [7, 11) is 0. The molecule has 0 aliphatic heterocycles. The van der Waals surface area contributed by atoms with Gasteiger partial charge in [-0.1, -0.05) is 29.8 Å². The molecule has 0 bridgehead atoms. The van der Waals surface area contributed by atoms with Crippen molar-refractivity contribution in [2.45, 2.75) is 20.3 Å². The quantitative estimate of drug-likeness (QED) is 0.764. The lowest BCUT2D eigenvalue weighted by molar-refractivity contribution is -0.132. The normalized spacial score (nSPS) is 10.2. The van der Waals surface area contributed by atoms with Crippen molar-refractivity contribution in [1.29, 1.82) is 0 Å². The molecule has 6 nitrogen and oxygen atoms in total. The van der Waals surface area contributed by atoms with E-state index in [1.165, 1.54) is 18.7 Å². The summed E-state index contributed by atoms with van der Waals surface area (Å²) in [6.45, 7) is 3.20. The lowest BCUT2D eigenvalue weighted by atomic mass is 10.1. The number of nitrogens with zero attached hydrogens (tertiary/aromatic N) is 1. The number of hydrogen-bond donors (Lipinski definition) is 2. The van der Waals surface area contributed by atoms with E-state index in [1.807, 2.05) is 18.2 Å². The molecule has 2 rings (SSSR count). The number of nitrogens with one attached hydrogen (secondary N) is 2. The van der Waals surface area contributed by atoms with Gasteiger partial charge < -0.3 is 15.5 Å². The molecule has 2 aromatic carbocycles. The van der Waals surface area contributed by atoms with Crippen molar-refractivity contribution in [3.05, 3.63) is 59.1 Å². The SMILES string of the molecule is CC(=O)Nc1cccc(NC(=O)CN(CCc2cccc(Cl)c2)C(C)=O)c1. The predicted octanol–water partition coefficient (Wildman–Crippen LogP) is 3.33. The first-order chi connectivity index (χ1) is 12.8. The number of halogens is 1. The lowest BCUT2D eigenvalue weighted by Gasteiger charge is -2.20. The van der Waals surface area contributed by atoms with E-state index in [0.717, 1.165) is 5.56 Å². The highest BCUT2D eigenvalue weighted by Crippen LogP contribution is 2.15. The molecule has 142 valence electrons. The summed E-state index contributed by atoms with van der Waals surface area (Å²) >= 11 is 5.97. The van der Waals surface area contributed by atoms with Gasteiger partial charge in [0.25, 0.3) is 0 Å². The molecule has 0 fully saturated rings. The summed E-state index contributed by atoms with van der Waals surface area (Å²) < 4.78 is 0. The Bertz CT molecular complexity index is 839. The van der Waals surface area contributed by atoms with E-state index in [2.05, 4.69) is 10.6 Å². The van der Waals surface area contributed by atoms with Crippen LogP contribution in [0.4, 0.5) is 11.4 Å².